The number of para-hydroxylation sites is 1. The van der Waals surface area contributed by atoms with E-state index in [1.54, 1.807) is 25.3 Å². The summed E-state index contributed by atoms with van der Waals surface area (Å²) in [5.41, 5.74) is 0.545. The highest BCUT2D eigenvalue weighted by atomic mass is 16.5. The van der Waals surface area contributed by atoms with Crippen molar-refractivity contribution >= 4 is 17.7 Å². The minimum Gasteiger partial charge on any atom is -0.489 e. The Bertz CT molecular complexity index is 556. The van der Waals surface area contributed by atoms with Gasteiger partial charge in [-0.05, 0) is 12.1 Å². The Morgan fingerprint density at radius 1 is 1.55 bits per heavy atom. The number of ether oxygens (including phenoxy) is 1. The minimum atomic E-state index is -1.07. The summed E-state index contributed by atoms with van der Waals surface area (Å²) in [6, 6.07) is 4.53. The Morgan fingerprint density at radius 2 is 2.30 bits per heavy atom. The second-order valence-corrected chi connectivity index (χ2v) is 4.41. The lowest BCUT2D eigenvalue weighted by Gasteiger charge is -2.32. The zero-order valence-electron chi connectivity index (χ0n) is 11.2. The summed E-state index contributed by atoms with van der Waals surface area (Å²) < 4.78 is 5.42. The Labute approximate surface area is 116 Å². The third-order valence-electron chi connectivity index (χ3n) is 3.04. The molecule has 1 N–H and O–H groups in total. The molecule has 0 aromatic heterocycles. The number of carboxylic acids is 1. The van der Waals surface area contributed by atoms with Gasteiger partial charge in [0.25, 0.3) is 0 Å². The van der Waals surface area contributed by atoms with Crippen molar-refractivity contribution < 1.29 is 19.4 Å². The van der Waals surface area contributed by atoms with E-state index in [-0.39, 0.29) is 24.0 Å². The molecule has 2 amide bonds. The summed E-state index contributed by atoms with van der Waals surface area (Å²) in [7, 11) is 1.67. The molecule has 0 spiro atoms. The van der Waals surface area contributed by atoms with E-state index in [1.807, 2.05) is 0 Å². The number of benzene rings is 1. The molecule has 0 fully saturated rings. The molecule has 1 aromatic carbocycles. The van der Waals surface area contributed by atoms with Crippen molar-refractivity contribution in [3.8, 4) is 5.75 Å². The minimum absolute atomic E-state index is 0.0615. The number of carboxylic acid groups (broad SMARTS) is 1. The number of likely N-dealkylation sites (N-methyl/N-ethyl adjacent to an activating group) is 1. The van der Waals surface area contributed by atoms with E-state index in [4.69, 9.17) is 9.84 Å². The van der Waals surface area contributed by atoms with Crippen LogP contribution in [0.3, 0.4) is 0 Å². The molecule has 1 heterocycles. The topological polar surface area (TPSA) is 70.1 Å². The van der Waals surface area contributed by atoms with Gasteiger partial charge in [0.2, 0.25) is 0 Å². The van der Waals surface area contributed by atoms with Gasteiger partial charge in [0.1, 0.15) is 12.2 Å². The molecular formula is C14H16N2O4. The van der Waals surface area contributed by atoms with E-state index in [1.165, 1.54) is 15.9 Å². The van der Waals surface area contributed by atoms with Crippen LogP contribution < -0.4 is 9.64 Å². The van der Waals surface area contributed by atoms with Crippen molar-refractivity contribution in [3.63, 3.8) is 0 Å². The largest absolute Gasteiger partial charge is 0.489 e. The Hall–Kier alpha value is -2.50. The van der Waals surface area contributed by atoms with E-state index in [0.29, 0.717) is 18.8 Å². The van der Waals surface area contributed by atoms with Gasteiger partial charge in [0.15, 0.2) is 5.75 Å². The molecule has 2 rings (SSSR count). The van der Waals surface area contributed by atoms with E-state index in [2.05, 4.69) is 6.58 Å². The van der Waals surface area contributed by atoms with Crippen molar-refractivity contribution in [3.05, 3.63) is 36.4 Å². The molecule has 0 radical (unpaired) electrons. The number of fused-ring (bicyclic) bond motifs is 1. The van der Waals surface area contributed by atoms with Gasteiger partial charge in [-0.1, -0.05) is 12.1 Å². The number of carbonyl (C=O) groups excluding carboxylic acids is 1. The molecule has 0 saturated carbocycles. The first-order valence-corrected chi connectivity index (χ1v) is 6.19. The normalized spacial score (nSPS) is 13.2. The van der Waals surface area contributed by atoms with Crippen LogP contribution in [0.4, 0.5) is 10.5 Å². The van der Waals surface area contributed by atoms with Crippen LogP contribution in [0.15, 0.2) is 30.9 Å². The van der Waals surface area contributed by atoms with Gasteiger partial charge >= 0.3 is 12.0 Å². The number of amides is 2. The van der Waals surface area contributed by atoms with E-state index < -0.39 is 5.97 Å². The van der Waals surface area contributed by atoms with Crippen molar-refractivity contribution in [2.24, 2.45) is 0 Å². The molecule has 0 bridgehead atoms. The molecule has 1 aliphatic rings. The van der Waals surface area contributed by atoms with Crippen LogP contribution in [0.2, 0.25) is 0 Å². The summed E-state index contributed by atoms with van der Waals surface area (Å²) in [6.45, 7) is 4.67. The fourth-order valence-corrected chi connectivity index (χ4v) is 2.09. The maximum absolute atomic E-state index is 12.3. The van der Waals surface area contributed by atoms with Gasteiger partial charge < -0.3 is 14.7 Å². The Kier molecular flexibility index (Phi) is 3.93. The average molecular weight is 276 g/mol. The van der Waals surface area contributed by atoms with E-state index in [0.717, 1.165) is 0 Å². The van der Waals surface area contributed by atoms with Gasteiger partial charge in [-0.3, -0.25) is 4.90 Å². The summed E-state index contributed by atoms with van der Waals surface area (Å²) in [5.74, 6) is -0.831. The lowest BCUT2D eigenvalue weighted by Crippen LogP contribution is -2.45. The molecule has 0 aliphatic carbocycles. The van der Waals surface area contributed by atoms with Crippen LogP contribution >= 0.6 is 0 Å². The maximum atomic E-state index is 12.3. The van der Waals surface area contributed by atoms with Gasteiger partial charge in [-0.2, -0.15) is 0 Å². The van der Waals surface area contributed by atoms with Gasteiger partial charge in [-0.25, -0.2) is 9.59 Å². The summed E-state index contributed by atoms with van der Waals surface area (Å²) in [6.07, 6.45) is 1.63. The number of hydrogen-bond acceptors (Lipinski definition) is 3. The summed E-state index contributed by atoms with van der Waals surface area (Å²) >= 11 is 0. The van der Waals surface area contributed by atoms with Gasteiger partial charge in [0, 0.05) is 13.6 Å². The highest BCUT2D eigenvalue weighted by Crippen LogP contribution is 2.35. The Balaban J connectivity index is 2.38. The van der Waals surface area contributed by atoms with Crippen LogP contribution in [-0.4, -0.2) is 48.8 Å². The highest BCUT2D eigenvalue weighted by Gasteiger charge is 2.28. The number of anilines is 1. The highest BCUT2D eigenvalue weighted by molar-refractivity contribution is 5.99. The lowest BCUT2D eigenvalue weighted by molar-refractivity contribution is 0.0691. The van der Waals surface area contributed by atoms with Crippen molar-refractivity contribution in [2.45, 2.75) is 0 Å². The third-order valence-corrected chi connectivity index (χ3v) is 3.04. The molecule has 106 valence electrons. The van der Waals surface area contributed by atoms with Gasteiger partial charge in [-0.15, -0.1) is 6.58 Å². The predicted molar refractivity (Wildman–Crippen MR) is 74.5 cm³/mol. The molecule has 6 heteroatoms. The zero-order chi connectivity index (χ0) is 14.7. The third kappa shape index (κ3) is 2.45. The molecule has 1 aliphatic heterocycles. The number of hydrogen-bond donors (Lipinski definition) is 1. The van der Waals surface area contributed by atoms with Crippen LogP contribution in [-0.2, 0) is 0 Å². The average Bonchev–Trinajstić information content (AvgIpc) is 2.45. The Morgan fingerprint density at radius 3 is 2.95 bits per heavy atom. The van der Waals surface area contributed by atoms with Crippen LogP contribution in [0.5, 0.6) is 5.75 Å². The molecule has 0 saturated heterocycles. The maximum Gasteiger partial charge on any atom is 0.339 e. The standard InChI is InChI=1S/C14H16N2O4/c1-3-7-15(2)14(19)16-8-9-20-12-10(13(17)18)5-4-6-11(12)16/h3-6H,1,7-9H2,2H3,(H,17,18). The summed E-state index contributed by atoms with van der Waals surface area (Å²) in [5, 5.41) is 9.15. The van der Waals surface area contributed by atoms with Crippen molar-refractivity contribution in [1.82, 2.24) is 4.90 Å². The molecule has 1 aromatic rings. The fourth-order valence-electron chi connectivity index (χ4n) is 2.09. The quantitative estimate of drug-likeness (QED) is 0.855. The first kappa shape index (κ1) is 13.9. The number of aromatic carboxylic acids is 1. The fraction of sp³-hybridized carbons (Fsp3) is 0.286. The van der Waals surface area contributed by atoms with Crippen LogP contribution in [0, 0.1) is 0 Å². The molecule has 0 atom stereocenters. The number of nitrogens with zero attached hydrogens (tertiary/aromatic N) is 2. The smallest absolute Gasteiger partial charge is 0.339 e. The van der Waals surface area contributed by atoms with Crippen LogP contribution in [0.1, 0.15) is 10.4 Å². The molecule has 6 nitrogen and oxygen atoms in total. The number of carbonyl (C=O) groups is 2. The van der Waals surface area contributed by atoms with E-state index >= 15 is 0 Å². The van der Waals surface area contributed by atoms with Crippen molar-refractivity contribution in [1.29, 1.82) is 0 Å². The lowest BCUT2D eigenvalue weighted by atomic mass is 10.1. The molecule has 0 unspecified atom stereocenters. The van der Waals surface area contributed by atoms with Gasteiger partial charge in [0.05, 0.1) is 12.2 Å². The first-order chi connectivity index (χ1) is 9.56. The van der Waals surface area contributed by atoms with Crippen LogP contribution in [0.25, 0.3) is 0 Å². The number of rotatable bonds is 3. The molecule has 20 heavy (non-hydrogen) atoms. The zero-order valence-corrected chi connectivity index (χ0v) is 11.2. The first-order valence-electron chi connectivity index (χ1n) is 6.19. The van der Waals surface area contributed by atoms with Crippen molar-refractivity contribution in [2.75, 3.05) is 31.6 Å². The second kappa shape index (κ2) is 5.64. The summed E-state index contributed by atoms with van der Waals surface area (Å²) in [4.78, 5) is 26.5. The second-order valence-electron chi connectivity index (χ2n) is 4.41. The SMILES string of the molecule is C=CCN(C)C(=O)N1CCOc2c(C(=O)O)cccc21. The number of urea groups is 1. The monoisotopic (exact) mass is 276 g/mol. The van der Waals surface area contributed by atoms with E-state index in [9.17, 15) is 9.59 Å². The molecular weight excluding hydrogens is 260 g/mol. The predicted octanol–water partition coefficient (Wildman–Crippen LogP) is 1.82.